The zero-order valence-electron chi connectivity index (χ0n) is 12.5. The zero-order valence-corrected chi connectivity index (χ0v) is 12.5. The van der Waals surface area contributed by atoms with Crippen LogP contribution in [0.25, 0.3) is 0 Å². The summed E-state index contributed by atoms with van der Waals surface area (Å²) in [5.41, 5.74) is 6.46. The molecule has 1 rings (SSSR count). The molecule has 0 spiro atoms. The second kappa shape index (κ2) is 7.73. The van der Waals surface area contributed by atoms with Gasteiger partial charge in [-0.2, -0.15) is 0 Å². The van der Waals surface area contributed by atoms with Gasteiger partial charge < -0.3 is 16.4 Å². The molecule has 0 saturated heterocycles. The fourth-order valence-corrected chi connectivity index (χ4v) is 1.72. The number of nitrogens with one attached hydrogen (secondary N) is 2. The summed E-state index contributed by atoms with van der Waals surface area (Å²) >= 11 is 0. The van der Waals surface area contributed by atoms with Crippen molar-refractivity contribution in [2.24, 2.45) is 11.7 Å². The number of benzene rings is 1. The molecule has 5 nitrogen and oxygen atoms in total. The summed E-state index contributed by atoms with van der Waals surface area (Å²) in [6.07, 6.45) is 0. The highest BCUT2D eigenvalue weighted by Gasteiger charge is 2.18. The molecule has 0 saturated carbocycles. The molecule has 0 aliphatic heterocycles. The van der Waals surface area contributed by atoms with Crippen LogP contribution in [0.2, 0.25) is 0 Å². The van der Waals surface area contributed by atoms with Crippen molar-refractivity contribution in [1.82, 2.24) is 10.6 Å². The maximum absolute atomic E-state index is 12.8. The minimum absolute atomic E-state index is 0.00574. The van der Waals surface area contributed by atoms with Gasteiger partial charge in [0.2, 0.25) is 11.8 Å². The minimum atomic E-state index is -0.632. The van der Waals surface area contributed by atoms with Crippen LogP contribution < -0.4 is 16.4 Å². The standard InChI is InChI=1S/C15H22FN3O2/c1-9(2)14(17)15(21)18-8-13(20)19-10(3)11-4-6-12(16)7-5-11/h4-7,9-10,14H,8,17H2,1-3H3,(H,18,21)(H,19,20)/t10?,14-/m0/s1. The Kier molecular flexibility index (Phi) is 6.30. The van der Waals surface area contributed by atoms with Crippen molar-refractivity contribution < 1.29 is 14.0 Å². The van der Waals surface area contributed by atoms with E-state index in [2.05, 4.69) is 10.6 Å². The van der Waals surface area contributed by atoms with Gasteiger partial charge in [-0.3, -0.25) is 9.59 Å². The van der Waals surface area contributed by atoms with Crippen molar-refractivity contribution in [2.75, 3.05) is 6.54 Å². The second-order valence-electron chi connectivity index (χ2n) is 5.33. The molecular weight excluding hydrogens is 273 g/mol. The molecule has 0 aliphatic carbocycles. The third-order valence-corrected chi connectivity index (χ3v) is 3.19. The number of rotatable bonds is 6. The van der Waals surface area contributed by atoms with E-state index in [1.54, 1.807) is 19.1 Å². The van der Waals surface area contributed by atoms with Gasteiger partial charge in [0.1, 0.15) is 5.82 Å². The van der Waals surface area contributed by atoms with Crippen LogP contribution >= 0.6 is 0 Å². The number of amides is 2. The van der Waals surface area contributed by atoms with Crippen molar-refractivity contribution in [3.63, 3.8) is 0 Å². The van der Waals surface area contributed by atoms with E-state index in [9.17, 15) is 14.0 Å². The van der Waals surface area contributed by atoms with E-state index in [1.165, 1.54) is 12.1 Å². The molecule has 0 fully saturated rings. The van der Waals surface area contributed by atoms with Gasteiger partial charge in [0, 0.05) is 0 Å². The van der Waals surface area contributed by atoms with E-state index >= 15 is 0 Å². The third-order valence-electron chi connectivity index (χ3n) is 3.19. The van der Waals surface area contributed by atoms with Crippen LogP contribution in [-0.2, 0) is 9.59 Å². The van der Waals surface area contributed by atoms with Crippen LogP contribution in [0.15, 0.2) is 24.3 Å². The lowest BCUT2D eigenvalue weighted by Gasteiger charge is -2.17. The van der Waals surface area contributed by atoms with Gasteiger partial charge in [-0.05, 0) is 30.5 Å². The molecule has 21 heavy (non-hydrogen) atoms. The summed E-state index contributed by atoms with van der Waals surface area (Å²) in [5, 5.41) is 5.22. The Morgan fingerprint density at radius 3 is 2.29 bits per heavy atom. The van der Waals surface area contributed by atoms with Gasteiger partial charge in [-0.15, -0.1) is 0 Å². The van der Waals surface area contributed by atoms with Crippen molar-refractivity contribution in [2.45, 2.75) is 32.9 Å². The number of carbonyl (C=O) groups excluding carboxylic acids is 2. The van der Waals surface area contributed by atoms with Gasteiger partial charge in [0.25, 0.3) is 0 Å². The topological polar surface area (TPSA) is 84.2 Å². The Morgan fingerprint density at radius 2 is 1.76 bits per heavy atom. The Hall–Kier alpha value is -1.95. The molecule has 0 aliphatic rings. The van der Waals surface area contributed by atoms with Gasteiger partial charge in [0.05, 0.1) is 18.6 Å². The fraction of sp³-hybridized carbons (Fsp3) is 0.467. The molecule has 2 amide bonds. The zero-order chi connectivity index (χ0) is 16.0. The number of carbonyl (C=O) groups is 2. The van der Waals surface area contributed by atoms with E-state index in [4.69, 9.17) is 5.73 Å². The highest BCUT2D eigenvalue weighted by molar-refractivity contribution is 5.87. The molecule has 1 aromatic rings. The lowest BCUT2D eigenvalue weighted by atomic mass is 10.1. The lowest BCUT2D eigenvalue weighted by Crippen LogP contribution is -2.47. The number of hydrogen-bond acceptors (Lipinski definition) is 3. The molecule has 1 aromatic carbocycles. The predicted octanol–water partition coefficient (Wildman–Crippen LogP) is 1.10. The smallest absolute Gasteiger partial charge is 0.239 e. The van der Waals surface area contributed by atoms with Gasteiger partial charge in [0.15, 0.2) is 0 Å². The summed E-state index contributed by atoms with van der Waals surface area (Å²) in [4.78, 5) is 23.4. The first-order valence-electron chi connectivity index (χ1n) is 6.89. The average molecular weight is 295 g/mol. The van der Waals surface area contributed by atoms with E-state index < -0.39 is 6.04 Å². The van der Waals surface area contributed by atoms with Gasteiger partial charge >= 0.3 is 0 Å². The molecule has 116 valence electrons. The number of halogens is 1. The summed E-state index contributed by atoms with van der Waals surface area (Å²) in [6, 6.07) is 4.98. The second-order valence-corrected chi connectivity index (χ2v) is 5.33. The quantitative estimate of drug-likeness (QED) is 0.735. The molecule has 0 bridgehead atoms. The third kappa shape index (κ3) is 5.51. The van der Waals surface area contributed by atoms with Crippen molar-refractivity contribution in [1.29, 1.82) is 0 Å². The Labute approximate surface area is 124 Å². The normalized spacial score (nSPS) is 13.6. The maximum atomic E-state index is 12.8. The summed E-state index contributed by atoms with van der Waals surface area (Å²) in [7, 11) is 0. The first-order valence-corrected chi connectivity index (χ1v) is 6.89. The first kappa shape index (κ1) is 17.1. The Morgan fingerprint density at radius 1 is 1.19 bits per heavy atom. The van der Waals surface area contributed by atoms with Crippen molar-refractivity contribution >= 4 is 11.8 Å². The average Bonchev–Trinajstić information content (AvgIpc) is 2.44. The van der Waals surface area contributed by atoms with Crippen LogP contribution in [0.5, 0.6) is 0 Å². The Bertz CT molecular complexity index is 488. The van der Waals surface area contributed by atoms with Crippen LogP contribution in [0.1, 0.15) is 32.4 Å². The fourth-order valence-electron chi connectivity index (χ4n) is 1.72. The minimum Gasteiger partial charge on any atom is -0.348 e. The van der Waals surface area contributed by atoms with Crippen molar-refractivity contribution in [3.8, 4) is 0 Å². The van der Waals surface area contributed by atoms with Gasteiger partial charge in [-0.1, -0.05) is 26.0 Å². The molecule has 2 atom stereocenters. The van der Waals surface area contributed by atoms with Gasteiger partial charge in [-0.25, -0.2) is 4.39 Å². The van der Waals surface area contributed by atoms with Crippen molar-refractivity contribution in [3.05, 3.63) is 35.6 Å². The largest absolute Gasteiger partial charge is 0.348 e. The summed E-state index contributed by atoms with van der Waals surface area (Å²) < 4.78 is 12.8. The first-order chi connectivity index (χ1) is 9.81. The molecule has 4 N–H and O–H groups in total. The van der Waals surface area contributed by atoms with E-state index in [1.807, 2.05) is 13.8 Å². The van der Waals surface area contributed by atoms with E-state index in [0.29, 0.717) is 0 Å². The van der Waals surface area contributed by atoms with Crippen LogP contribution in [0.3, 0.4) is 0 Å². The number of hydrogen-bond donors (Lipinski definition) is 3. The summed E-state index contributed by atoms with van der Waals surface area (Å²) in [5.74, 6) is -0.996. The van der Waals surface area contributed by atoms with Crippen LogP contribution in [-0.4, -0.2) is 24.4 Å². The molecule has 0 radical (unpaired) electrons. The highest BCUT2D eigenvalue weighted by atomic mass is 19.1. The predicted molar refractivity (Wildman–Crippen MR) is 78.8 cm³/mol. The SMILES string of the molecule is CC(NC(=O)CNC(=O)[C@@H](N)C(C)C)c1ccc(F)cc1. The summed E-state index contributed by atoms with van der Waals surface area (Å²) in [6.45, 7) is 5.32. The van der Waals surface area contributed by atoms with E-state index in [-0.39, 0.29) is 36.1 Å². The van der Waals surface area contributed by atoms with Crippen LogP contribution in [0.4, 0.5) is 4.39 Å². The molecular formula is C15H22FN3O2. The monoisotopic (exact) mass is 295 g/mol. The molecule has 0 aromatic heterocycles. The maximum Gasteiger partial charge on any atom is 0.239 e. The molecule has 1 unspecified atom stereocenters. The highest BCUT2D eigenvalue weighted by Crippen LogP contribution is 2.12. The lowest BCUT2D eigenvalue weighted by molar-refractivity contribution is -0.127. The molecule has 6 heteroatoms. The van der Waals surface area contributed by atoms with E-state index in [0.717, 1.165) is 5.56 Å². The number of nitrogens with two attached hydrogens (primary N) is 1. The Balaban J connectivity index is 2.43. The van der Waals surface area contributed by atoms with Crippen LogP contribution in [0, 0.1) is 11.7 Å². The molecule has 0 heterocycles.